The van der Waals surface area contributed by atoms with Crippen molar-refractivity contribution in [1.82, 2.24) is 15.2 Å². The predicted octanol–water partition coefficient (Wildman–Crippen LogP) is 3.50. The highest BCUT2D eigenvalue weighted by Crippen LogP contribution is 2.36. The largest absolute Gasteiger partial charge is 0.497 e. The molecule has 0 radical (unpaired) electrons. The third-order valence-electron chi connectivity index (χ3n) is 4.74. The van der Waals surface area contributed by atoms with Gasteiger partial charge in [0.05, 0.1) is 13.2 Å². The molecular weight excluding hydrogens is 306 g/mol. The van der Waals surface area contributed by atoms with Gasteiger partial charge in [0.15, 0.2) is 0 Å². The summed E-state index contributed by atoms with van der Waals surface area (Å²) in [5.74, 6) is 1.54. The van der Waals surface area contributed by atoms with Crippen LogP contribution in [0.3, 0.4) is 0 Å². The van der Waals surface area contributed by atoms with E-state index in [9.17, 15) is 0 Å². The third kappa shape index (κ3) is 3.74. The van der Waals surface area contributed by atoms with Gasteiger partial charge in [0, 0.05) is 24.2 Å². The number of aromatic nitrogens is 1. The number of likely N-dealkylation sites (tertiary alicyclic amines) is 1. The van der Waals surface area contributed by atoms with Crippen molar-refractivity contribution in [3.05, 3.63) is 46.4 Å². The van der Waals surface area contributed by atoms with Gasteiger partial charge in [0.1, 0.15) is 10.8 Å². The molecule has 1 aromatic carbocycles. The maximum atomic E-state index is 5.27. The molecule has 0 spiro atoms. The molecule has 2 aromatic rings. The van der Waals surface area contributed by atoms with Crippen LogP contribution in [0.5, 0.6) is 5.75 Å². The summed E-state index contributed by atoms with van der Waals surface area (Å²) < 4.78 is 5.27. The molecule has 1 N–H and O–H groups in total. The second kappa shape index (κ2) is 7.43. The van der Waals surface area contributed by atoms with Crippen molar-refractivity contribution < 1.29 is 4.74 Å². The Balaban J connectivity index is 1.65. The average molecular weight is 331 g/mol. The fourth-order valence-corrected chi connectivity index (χ4v) is 4.10. The van der Waals surface area contributed by atoms with Crippen molar-refractivity contribution in [2.75, 3.05) is 27.2 Å². The van der Waals surface area contributed by atoms with Gasteiger partial charge in [0.2, 0.25) is 0 Å². The first kappa shape index (κ1) is 16.4. The molecule has 2 heterocycles. The molecule has 1 aliphatic rings. The van der Waals surface area contributed by atoms with Crippen molar-refractivity contribution in [3.8, 4) is 5.75 Å². The molecule has 1 aromatic heterocycles. The van der Waals surface area contributed by atoms with Crippen LogP contribution in [0.4, 0.5) is 0 Å². The minimum atomic E-state index is 0.317. The molecule has 0 aliphatic carbocycles. The van der Waals surface area contributed by atoms with Gasteiger partial charge in [-0.15, -0.1) is 11.3 Å². The van der Waals surface area contributed by atoms with Crippen molar-refractivity contribution >= 4 is 11.3 Å². The fraction of sp³-hybridized carbons (Fsp3) is 0.500. The SMILES string of the molecule is COc1ccc([C@@H]2[C@@H](CN[C@@H](C)c3nccs3)CCN2C)cc1. The van der Waals surface area contributed by atoms with Crippen molar-refractivity contribution in [1.29, 1.82) is 0 Å². The third-order valence-corrected chi connectivity index (χ3v) is 5.70. The minimum Gasteiger partial charge on any atom is -0.497 e. The zero-order chi connectivity index (χ0) is 16.2. The van der Waals surface area contributed by atoms with Gasteiger partial charge in [-0.2, -0.15) is 0 Å². The van der Waals surface area contributed by atoms with E-state index in [2.05, 4.69) is 53.4 Å². The summed E-state index contributed by atoms with van der Waals surface area (Å²) in [6, 6.07) is 9.30. The lowest BCUT2D eigenvalue weighted by molar-refractivity contribution is 0.268. The first-order valence-electron chi connectivity index (χ1n) is 8.16. The number of rotatable bonds is 6. The van der Waals surface area contributed by atoms with Crippen LogP contribution in [-0.4, -0.2) is 37.1 Å². The Morgan fingerprint density at radius 1 is 1.39 bits per heavy atom. The summed E-state index contributed by atoms with van der Waals surface area (Å²) >= 11 is 1.72. The number of ether oxygens (including phenoxy) is 1. The second-order valence-corrected chi connectivity index (χ2v) is 7.17. The van der Waals surface area contributed by atoms with E-state index in [1.54, 1.807) is 18.4 Å². The van der Waals surface area contributed by atoms with Gasteiger partial charge in [-0.1, -0.05) is 12.1 Å². The summed E-state index contributed by atoms with van der Waals surface area (Å²) in [5, 5.41) is 6.87. The Hall–Kier alpha value is -1.43. The number of hydrogen-bond donors (Lipinski definition) is 1. The Morgan fingerprint density at radius 2 is 2.17 bits per heavy atom. The van der Waals surface area contributed by atoms with Crippen molar-refractivity contribution in [3.63, 3.8) is 0 Å². The van der Waals surface area contributed by atoms with Gasteiger partial charge in [-0.05, 0) is 50.6 Å². The van der Waals surface area contributed by atoms with Gasteiger partial charge in [0.25, 0.3) is 0 Å². The van der Waals surface area contributed by atoms with Crippen LogP contribution in [-0.2, 0) is 0 Å². The summed E-state index contributed by atoms with van der Waals surface area (Å²) in [5.41, 5.74) is 1.37. The highest BCUT2D eigenvalue weighted by molar-refractivity contribution is 7.09. The molecule has 124 valence electrons. The van der Waals surface area contributed by atoms with E-state index in [-0.39, 0.29) is 0 Å². The van der Waals surface area contributed by atoms with E-state index in [0.717, 1.165) is 23.8 Å². The molecule has 4 nitrogen and oxygen atoms in total. The van der Waals surface area contributed by atoms with Gasteiger partial charge < -0.3 is 10.1 Å². The van der Waals surface area contributed by atoms with Crippen molar-refractivity contribution in [2.45, 2.75) is 25.4 Å². The molecule has 23 heavy (non-hydrogen) atoms. The quantitative estimate of drug-likeness (QED) is 0.879. The number of thiazole rings is 1. The number of nitrogens with one attached hydrogen (secondary N) is 1. The molecule has 0 amide bonds. The Bertz CT molecular complexity index is 599. The molecule has 3 atom stereocenters. The molecular formula is C18H25N3OS. The number of nitrogens with zero attached hydrogens (tertiary/aromatic N) is 2. The van der Waals surface area contributed by atoms with E-state index in [0.29, 0.717) is 18.0 Å². The van der Waals surface area contributed by atoms with E-state index in [1.165, 1.54) is 12.0 Å². The highest BCUT2D eigenvalue weighted by Gasteiger charge is 2.33. The number of methoxy groups -OCH3 is 1. The fourth-order valence-electron chi connectivity index (χ4n) is 3.43. The van der Waals surface area contributed by atoms with Crippen LogP contribution in [0.2, 0.25) is 0 Å². The van der Waals surface area contributed by atoms with E-state index < -0.39 is 0 Å². The van der Waals surface area contributed by atoms with Gasteiger partial charge in [-0.3, -0.25) is 4.90 Å². The molecule has 1 aliphatic heterocycles. The van der Waals surface area contributed by atoms with E-state index >= 15 is 0 Å². The topological polar surface area (TPSA) is 37.4 Å². The van der Waals surface area contributed by atoms with E-state index in [4.69, 9.17) is 4.74 Å². The molecule has 0 saturated carbocycles. The summed E-state index contributed by atoms with van der Waals surface area (Å²) in [6.45, 7) is 4.36. The average Bonchev–Trinajstić information content (AvgIpc) is 3.23. The normalized spacial score (nSPS) is 23.1. The standard InChI is InChI=1S/C18H25N3OS/c1-13(18-19-9-11-23-18)20-12-15-8-10-21(2)17(15)14-4-6-16(22-3)7-5-14/h4-7,9,11,13,15,17,20H,8,10,12H2,1-3H3/t13-,15+,17+/m0/s1. The zero-order valence-electron chi connectivity index (χ0n) is 14.0. The highest BCUT2D eigenvalue weighted by atomic mass is 32.1. The number of hydrogen-bond acceptors (Lipinski definition) is 5. The lowest BCUT2D eigenvalue weighted by Gasteiger charge is -2.27. The van der Waals surface area contributed by atoms with Crippen LogP contribution in [0, 0.1) is 5.92 Å². The lowest BCUT2D eigenvalue weighted by atomic mass is 9.93. The molecule has 5 heteroatoms. The predicted molar refractivity (Wildman–Crippen MR) is 95.0 cm³/mol. The molecule has 3 rings (SSSR count). The Labute approximate surface area is 142 Å². The van der Waals surface area contributed by atoms with Crippen LogP contribution in [0.15, 0.2) is 35.8 Å². The lowest BCUT2D eigenvalue weighted by Crippen LogP contribution is -2.30. The summed E-state index contributed by atoms with van der Waals surface area (Å²) in [7, 11) is 3.93. The van der Waals surface area contributed by atoms with Gasteiger partial charge >= 0.3 is 0 Å². The maximum absolute atomic E-state index is 5.27. The Morgan fingerprint density at radius 3 is 2.83 bits per heavy atom. The second-order valence-electron chi connectivity index (χ2n) is 6.25. The van der Waals surface area contributed by atoms with Gasteiger partial charge in [-0.25, -0.2) is 4.98 Å². The van der Waals surface area contributed by atoms with E-state index in [1.807, 2.05) is 11.6 Å². The van der Waals surface area contributed by atoms with Crippen molar-refractivity contribution in [2.24, 2.45) is 5.92 Å². The Kier molecular flexibility index (Phi) is 5.30. The molecule has 1 saturated heterocycles. The smallest absolute Gasteiger partial charge is 0.118 e. The minimum absolute atomic E-state index is 0.317. The molecule has 1 fully saturated rings. The summed E-state index contributed by atoms with van der Waals surface area (Å²) in [6.07, 6.45) is 3.10. The maximum Gasteiger partial charge on any atom is 0.118 e. The number of benzene rings is 1. The first-order valence-corrected chi connectivity index (χ1v) is 9.04. The van der Waals surface area contributed by atoms with Crippen LogP contribution >= 0.6 is 11.3 Å². The zero-order valence-corrected chi connectivity index (χ0v) is 14.8. The molecule has 0 unspecified atom stereocenters. The first-order chi connectivity index (χ1) is 11.2. The van der Waals surface area contributed by atoms with Crippen LogP contribution in [0.25, 0.3) is 0 Å². The molecule has 0 bridgehead atoms. The summed E-state index contributed by atoms with van der Waals surface area (Å²) in [4.78, 5) is 6.86. The van der Waals surface area contributed by atoms with Crippen LogP contribution in [0.1, 0.15) is 36.0 Å². The monoisotopic (exact) mass is 331 g/mol. The van der Waals surface area contributed by atoms with Crippen LogP contribution < -0.4 is 10.1 Å².